The average molecular weight is 285 g/mol. The van der Waals surface area contributed by atoms with Crippen molar-refractivity contribution in [3.8, 4) is 0 Å². The molecule has 1 rings (SSSR count). The average Bonchev–Trinajstić information content (AvgIpc) is 2.92. The summed E-state index contributed by atoms with van der Waals surface area (Å²) in [5.41, 5.74) is 0.225. The molecule has 0 radical (unpaired) electrons. The minimum atomic E-state index is -0.443. The SMILES string of the molecule is C=C(/C=C\C(=C)C(=O)OCC1CCCC1)SOO[O-]. The molecule has 0 spiro atoms. The Morgan fingerprint density at radius 3 is 2.63 bits per heavy atom. The van der Waals surface area contributed by atoms with Crippen LogP contribution in [0.15, 0.2) is 35.8 Å². The number of hydrogen-bond donors (Lipinski definition) is 0. The van der Waals surface area contributed by atoms with Crippen molar-refractivity contribution >= 4 is 18.0 Å². The molecule has 0 aromatic rings. The molecule has 0 bridgehead atoms. The first kappa shape index (κ1) is 16.0. The Balaban J connectivity index is 2.25. The molecule has 0 heterocycles. The monoisotopic (exact) mass is 285 g/mol. The number of ether oxygens (including phenoxy) is 1. The first-order chi connectivity index (χ1) is 9.13. The van der Waals surface area contributed by atoms with E-state index in [1.54, 1.807) is 0 Å². The van der Waals surface area contributed by atoms with Crippen molar-refractivity contribution in [2.75, 3.05) is 6.61 Å². The van der Waals surface area contributed by atoms with Gasteiger partial charge in [0, 0.05) is 4.91 Å². The van der Waals surface area contributed by atoms with Gasteiger partial charge in [0.2, 0.25) is 0 Å². The van der Waals surface area contributed by atoms with Crippen LogP contribution in [0.25, 0.3) is 0 Å². The molecule has 0 aromatic carbocycles. The first-order valence-corrected chi connectivity index (χ1v) is 6.74. The van der Waals surface area contributed by atoms with Gasteiger partial charge < -0.3 is 9.99 Å². The van der Waals surface area contributed by atoms with E-state index >= 15 is 0 Å². The summed E-state index contributed by atoms with van der Waals surface area (Å²) < 4.78 is 9.24. The van der Waals surface area contributed by atoms with Crippen LogP contribution in [0.3, 0.4) is 0 Å². The van der Waals surface area contributed by atoms with Crippen molar-refractivity contribution in [2.45, 2.75) is 25.7 Å². The second kappa shape index (κ2) is 8.92. The third kappa shape index (κ3) is 6.58. The molecule has 0 atom stereocenters. The van der Waals surface area contributed by atoms with Crippen molar-refractivity contribution in [3.63, 3.8) is 0 Å². The van der Waals surface area contributed by atoms with E-state index in [0.29, 0.717) is 29.5 Å². The van der Waals surface area contributed by atoms with E-state index in [1.807, 2.05) is 0 Å². The molecule has 1 aliphatic rings. The van der Waals surface area contributed by atoms with Crippen molar-refractivity contribution in [3.05, 3.63) is 35.8 Å². The van der Waals surface area contributed by atoms with Crippen LogP contribution in [0.4, 0.5) is 0 Å². The molecule has 5 nitrogen and oxygen atoms in total. The highest BCUT2D eigenvalue weighted by Gasteiger charge is 2.17. The Morgan fingerprint density at radius 1 is 1.32 bits per heavy atom. The molecule has 0 N–H and O–H groups in total. The number of hydrogen-bond acceptors (Lipinski definition) is 6. The summed E-state index contributed by atoms with van der Waals surface area (Å²) in [6.07, 6.45) is 7.61. The quantitative estimate of drug-likeness (QED) is 0.170. The standard InChI is InChI=1S/C13H18O5S/c1-10(7-8-11(2)19-18-17-15)13(14)16-9-12-5-3-4-6-12/h7-8,12,15H,1-6,9H2/p-1/b8-7-. The third-order valence-corrected chi connectivity index (χ3v) is 3.30. The number of allylic oxidation sites excluding steroid dienone is 1. The van der Waals surface area contributed by atoms with Crippen LogP contribution >= 0.6 is 12.0 Å². The summed E-state index contributed by atoms with van der Waals surface area (Å²) in [5, 5.41) is 12.8. The molecule has 0 aromatic heterocycles. The maximum atomic E-state index is 11.6. The van der Waals surface area contributed by atoms with Gasteiger partial charge in [0.05, 0.1) is 24.2 Å². The van der Waals surface area contributed by atoms with Gasteiger partial charge in [-0.05, 0) is 30.9 Å². The second-order valence-corrected chi connectivity index (χ2v) is 5.12. The molecule has 0 unspecified atom stereocenters. The number of rotatable bonds is 8. The van der Waals surface area contributed by atoms with E-state index in [4.69, 9.17) is 4.74 Å². The lowest BCUT2D eigenvalue weighted by atomic mass is 10.1. The van der Waals surface area contributed by atoms with E-state index in [-0.39, 0.29) is 5.57 Å². The Labute approximate surface area is 117 Å². The fraction of sp³-hybridized carbons (Fsp3) is 0.462. The fourth-order valence-electron chi connectivity index (χ4n) is 1.81. The lowest BCUT2D eigenvalue weighted by Gasteiger charge is -2.09. The van der Waals surface area contributed by atoms with E-state index in [9.17, 15) is 10.1 Å². The van der Waals surface area contributed by atoms with Crippen LogP contribution in [0.1, 0.15) is 25.7 Å². The largest absolute Gasteiger partial charge is 0.691 e. The zero-order valence-corrected chi connectivity index (χ0v) is 11.4. The smallest absolute Gasteiger partial charge is 0.337 e. The molecule has 0 amide bonds. The topological polar surface area (TPSA) is 67.8 Å². The summed E-state index contributed by atoms with van der Waals surface area (Å²) >= 11 is 0.655. The lowest BCUT2D eigenvalue weighted by molar-refractivity contribution is -0.777. The molecular weight excluding hydrogens is 268 g/mol. The maximum absolute atomic E-state index is 11.6. The number of esters is 1. The summed E-state index contributed by atoms with van der Waals surface area (Å²) in [6, 6.07) is 0. The highest BCUT2D eigenvalue weighted by Crippen LogP contribution is 2.25. The van der Waals surface area contributed by atoms with Gasteiger partial charge in [-0.3, -0.25) is 5.04 Å². The van der Waals surface area contributed by atoms with Gasteiger partial charge in [-0.2, -0.15) is 4.33 Å². The lowest BCUT2D eigenvalue weighted by Crippen LogP contribution is -2.12. The van der Waals surface area contributed by atoms with E-state index < -0.39 is 5.97 Å². The Kier molecular flexibility index (Phi) is 7.50. The molecule has 106 valence electrons. The predicted molar refractivity (Wildman–Crippen MR) is 70.1 cm³/mol. The molecule has 0 aliphatic heterocycles. The molecule has 6 heteroatoms. The second-order valence-electron chi connectivity index (χ2n) is 4.29. The van der Waals surface area contributed by atoms with Gasteiger partial charge in [0.15, 0.2) is 0 Å². The number of carbonyl (C=O) groups is 1. The normalized spacial score (nSPS) is 15.8. The van der Waals surface area contributed by atoms with E-state index in [2.05, 4.69) is 22.5 Å². The van der Waals surface area contributed by atoms with Crippen molar-refractivity contribution in [1.82, 2.24) is 0 Å². The Bertz CT molecular complexity index is 358. The molecular formula is C13H17O5S-. The third-order valence-electron chi connectivity index (χ3n) is 2.83. The highest BCUT2D eigenvalue weighted by molar-refractivity contribution is 7.98. The van der Waals surface area contributed by atoms with Crippen LogP contribution in [0.5, 0.6) is 0 Å². The molecule has 1 saturated carbocycles. The number of carbonyl (C=O) groups excluding carboxylic acids is 1. The van der Waals surface area contributed by atoms with Gasteiger partial charge in [-0.15, -0.1) is 0 Å². The van der Waals surface area contributed by atoms with Crippen LogP contribution in [-0.2, 0) is 18.9 Å². The predicted octanol–water partition coefficient (Wildman–Crippen LogP) is 2.22. The van der Waals surface area contributed by atoms with E-state index in [1.165, 1.54) is 25.0 Å². The first-order valence-electron chi connectivity index (χ1n) is 5.99. The van der Waals surface area contributed by atoms with Gasteiger partial charge in [0.25, 0.3) is 0 Å². The van der Waals surface area contributed by atoms with Crippen LogP contribution < -0.4 is 5.26 Å². The Morgan fingerprint density at radius 2 is 2.00 bits per heavy atom. The van der Waals surface area contributed by atoms with E-state index in [0.717, 1.165) is 12.8 Å². The van der Waals surface area contributed by atoms with Crippen LogP contribution in [0.2, 0.25) is 0 Å². The zero-order chi connectivity index (χ0) is 14.1. The van der Waals surface area contributed by atoms with Crippen molar-refractivity contribution in [1.29, 1.82) is 0 Å². The van der Waals surface area contributed by atoms with Gasteiger partial charge in [0.1, 0.15) is 0 Å². The van der Waals surface area contributed by atoms with Gasteiger partial charge in [-0.25, -0.2) is 4.79 Å². The molecule has 1 aliphatic carbocycles. The maximum Gasteiger partial charge on any atom is 0.337 e. The van der Waals surface area contributed by atoms with Crippen molar-refractivity contribution in [2.24, 2.45) is 5.92 Å². The van der Waals surface area contributed by atoms with Crippen molar-refractivity contribution < 1.29 is 24.2 Å². The van der Waals surface area contributed by atoms with Crippen LogP contribution in [-0.4, -0.2) is 12.6 Å². The molecule has 19 heavy (non-hydrogen) atoms. The minimum Gasteiger partial charge on any atom is -0.691 e. The summed E-state index contributed by atoms with van der Waals surface area (Å²) in [4.78, 5) is 12.0. The molecule has 1 fully saturated rings. The fourth-order valence-corrected chi connectivity index (χ4v) is 2.05. The highest BCUT2D eigenvalue weighted by atomic mass is 32.2. The summed E-state index contributed by atoms with van der Waals surface area (Å²) in [6.45, 7) is 7.63. The summed E-state index contributed by atoms with van der Waals surface area (Å²) in [5.74, 6) is 0.0378. The van der Waals surface area contributed by atoms with Gasteiger partial charge >= 0.3 is 5.97 Å². The minimum absolute atomic E-state index is 0.225. The summed E-state index contributed by atoms with van der Waals surface area (Å²) in [7, 11) is 0. The Hall–Kier alpha value is -1.08. The van der Waals surface area contributed by atoms with Crippen LogP contribution in [0, 0.1) is 5.92 Å². The molecule has 0 saturated heterocycles. The van der Waals surface area contributed by atoms with Gasteiger partial charge in [-0.1, -0.05) is 26.0 Å². The zero-order valence-electron chi connectivity index (χ0n) is 10.6.